The van der Waals surface area contributed by atoms with Gasteiger partial charge in [-0.3, -0.25) is 9.69 Å². The first-order chi connectivity index (χ1) is 9.40. The Labute approximate surface area is 118 Å². The van der Waals surface area contributed by atoms with Crippen LogP contribution in [0.4, 0.5) is 4.39 Å². The summed E-state index contributed by atoms with van der Waals surface area (Å²) in [5, 5.41) is 9.53. The van der Waals surface area contributed by atoms with Crippen LogP contribution in [0.3, 0.4) is 0 Å². The molecule has 1 amide bonds. The fourth-order valence-electron chi connectivity index (χ4n) is 2.08. The summed E-state index contributed by atoms with van der Waals surface area (Å²) in [6.07, 6.45) is 0. The molecule has 0 atom stereocenters. The van der Waals surface area contributed by atoms with E-state index >= 15 is 0 Å². The molecule has 0 aliphatic heterocycles. The van der Waals surface area contributed by atoms with Gasteiger partial charge in [-0.05, 0) is 19.2 Å². The number of carboxylic acids is 1. The summed E-state index contributed by atoms with van der Waals surface area (Å²) in [5.74, 6) is -2.09. The highest BCUT2D eigenvalue weighted by Gasteiger charge is 2.21. The Bertz CT molecular complexity index is 684. The number of nitrogens with zero attached hydrogens (tertiary/aromatic N) is 1. The number of rotatable bonds is 5. The van der Waals surface area contributed by atoms with E-state index in [1.54, 1.807) is 18.0 Å². The summed E-state index contributed by atoms with van der Waals surface area (Å²) >= 11 is 1.02. The zero-order chi connectivity index (χ0) is 14.9. The van der Waals surface area contributed by atoms with Crippen LogP contribution in [0.5, 0.6) is 0 Å². The molecule has 106 valence electrons. The Morgan fingerprint density at radius 2 is 2.15 bits per heavy atom. The predicted molar refractivity (Wildman–Crippen MR) is 74.3 cm³/mol. The van der Waals surface area contributed by atoms with E-state index in [2.05, 4.69) is 0 Å². The molecule has 0 fully saturated rings. The van der Waals surface area contributed by atoms with Crippen molar-refractivity contribution in [3.8, 4) is 0 Å². The third-order valence-corrected chi connectivity index (χ3v) is 4.00. The summed E-state index contributed by atoms with van der Waals surface area (Å²) in [7, 11) is 1.63. The van der Waals surface area contributed by atoms with E-state index in [4.69, 9.17) is 5.73 Å². The number of amides is 1. The first-order valence-electron chi connectivity index (χ1n) is 5.80. The SMILES string of the molecule is CN(CC(N)=O)Cc1c(C(=O)O)sc2cccc(F)c12. The van der Waals surface area contributed by atoms with Crippen molar-refractivity contribution in [1.82, 2.24) is 4.90 Å². The van der Waals surface area contributed by atoms with E-state index in [1.807, 2.05) is 0 Å². The first-order valence-corrected chi connectivity index (χ1v) is 6.62. The minimum Gasteiger partial charge on any atom is -0.477 e. The van der Waals surface area contributed by atoms with Crippen LogP contribution in [0.2, 0.25) is 0 Å². The molecule has 2 rings (SSSR count). The molecule has 0 unspecified atom stereocenters. The lowest BCUT2D eigenvalue weighted by atomic mass is 10.1. The largest absolute Gasteiger partial charge is 0.477 e. The predicted octanol–water partition coefficient (Wildman–Crippen LogP) is 1.66. The fraction of sp³-hybridized carbons (Fsp3) is 0.231. The molecule has 0 bridgehead atoms. The van der Waals surface area contributed by atoms with Crippen molar-refractivity contribution >= 4 is 33.3 Å². The van der Waals surface area contributed by atoms with Crippen LogP contribution in [0.1, 0.15) is 15.2 Å². The van der Waals surface area contributed by atoms with Gasteiger partial charge in [0.05, 0.1) is 6.54 Å². The zero-order valence-electron chi connectivity index (χ0n) is 10.7. The van der Waals surface area contributed by atoms with Crippen molar-refractivity contribution in [2.45, 2.75) is 6.54 Å². The van der Waals surface area contributed by atoms with E-state index in [1.165, 1.54) is 12.1 Å². The van der Waals surface area contributed by atoms with Crippen molar-refractivity contribution in [3.05, 3.63) is 34.5 Å². The molecule has 0 aliphatic carbocycles. The van der Waals surface area contributed by atoms with E-state index in [0.29, 0.717) is 15.6 Å². The lowest BCUT2D eigenvalue weighted by molar-refractivity contribution is -0.118. The van der Waals surface area contributed by atoms with Crippen molar-refractivity contribution < 1.29 is 19.1 Å². The van der Waals surface area contributed by atoms with Gasteiger partial charge in [-0.15, -0.1) is 11.3 Å². The second-order valence-electron chi connectivity index (χ2n) is 4.47. The Morgan fingerprint density at radius 3 is 2.75 bits per heavy atom. The minimum atomic E-state index is -1.10. The summed E-state index contributed by atoms with van der Waals surface area (Å²) in [5.41, 5.74) is 5.47. The number of carbonyl (C=O) groups excluding carboxylic acids is 1. The Kier molecular flexibility index (Phi) is 4.01. The van der Waals surface area contributed by atoms with Crippen LogP contribution < -0.4 is 5.73 Å². The molecule has 20 heavy (non-hydrogen) atoms. The maximum Gasteiger partial charge on any atom is 0.346 e. The van der Waals surface area contributed by atoms with Gasteiger partial charge in [0.1, 0.15) is 10.7 Å². The van der Waals surface area contributed by atoms with Gasteiger partial charge in [0.15, 0.2) is 0 Å². The summed E-state index contributed by atoms with van der Waals surface area (Å²) < 4.78 is 14.5. The lowest BCUT2D eigenvalue weighted by Crippen LogP contribution is -2.30. The number of carboxylic acid groups (broad SMARTS) is 1. The van der Waals surface area contributed by atoms with Gasteiger partial charge in [0.2, 0.25) is 5.91 Å². The van der Waals surface area contributed by atoms with Crippen LogP contribution in [0.15, 0.2) is 18.2 Å². The summed E-state index contributed by atoms with van der Waals surface area (Å²) in [6.45, 7) is 0.121. The highest BCUT2D eigenvalue weighted by molar-refractivity contribution is 7.21. The van der Waals surface area contributed by atoms with Gasteiger partial charge < -0.3 is 10.8 Å². The van der Waals surface area contributed by atoms with Gasteiger partial charge in [0, 0.05) is 22.2 Å². The van der Waals surface area contributed by atoms with E-state index < -0.39 is 17.7 Å². The van der Waals surface area contributed by atoms with Gasteiger partial charge in [-0.2, -0.15) is 0 Å². The Morgan fingerprint density at radius 1 is 1.45 bits per heavy atom. The number of carbonyl (C=O) groups is 2. The third-order valence-electron chi connectivity index (χ3n) is 2.81. The minimum absolute atomic E-state index is 0.0230. The Hall–Kier alpha value is -1.99. The maximum absolute atomic E-state index is 13.9. The quantitative estimate of drug-likeness (QED) is 0.879. The summed E-state index contributed by atoms with van der Waals surface area (Å²) in [4.78, 5) is 23.8. The first kappa shape index (κ1) is 14.4. The molecular weight excluding hydrogens is 283 g/mol. The van der Waals surface area contributed by atoms with Gasteiger partial charge in [0.25, 0.3) is 0 Å². The molecule has 1 heterocycles. The van der Waals surface area contributed by atoms with Crippen LogP contribution in [-0.4, -0.2) is 35.5 Å². The number of fused-ring (bicyclic) bond motifs is 1. The molecule has 0 aliphatic rings. The number of benzene rings is 1. The van der Waals surface area contributed by atoms with Crippen molar-refractivity contribution in [2.24, 2.45) is 5.73 Å². The van der Waals surface area contributed by atoms with E-state index in [9.17, 15) is 19.1 Å². The zero-order valence-corrected chi connectivity index (χ0v) is 11.5. The number of hydrogen-bond donors (Lipinski definition) is 2. The average molecular weight is 296 g/mol. The van der Waals surface area contributed by atoms with Crippen LogP contribution >= 0.6 is 11.3 Å². The number of thiophene rings is 1. The molecule has 3 N–H and O–H groups in total. The number of likely N-dealkylation sites (N-methyl/N-ethyl adjacent to an activating group) is 1. The number of aromatic carboxylic acids is 1. The molecule has 7 heteroatoms. The van der Waals surface area contributed by atoms with E-state index in [0.717, 1.165) is 11.3 Å². The van der Waals surface area contributed by atoms with Gasteiger partial charge in [-0.25, -0.2) is 9.18 Å². The molecule has 5 nitrogen and oxygen atoms in total. The molecular formula is C13H13FN2O3S. The molecule has 2 aromatic rings. The lowest BCUT2D eigenvalue weighted by Gasteiger charge is -2.14. The highest BCUT2D eigenvalue weighted by atomic mass is 32.1. The van der Waals surface area contributed by atoms with Crippen LogP contribution in [0, 0.1) is 5.82 Å². The fourth-order valence-corrected chi connectivity index (χ4v) is 3.15. The monoisotopic (exact) mass is 296 g/mol. The topological polar surface area (TPSA) is 83.6 Å². The Balaban J connectivity index is 2.51. The molecule has 0 spiro atoms. The highest BCUT2D eigenvalue weighted by Crippen LogP contribution is 2.33. The third kappa shape index (κ3) is 2.78. The molecule has 1 aromatic carbocycles. The smallest absolute Gasteiger partial charge is 0.346 e. The van der Waals surface area contributed by atoms with Gasteiger partial charge >= 0.3 is 5.97 Å². The summed E-state index contributed by atoms with van der Waals surface area (Å²) in [6, 6.07) is 4.50. The average Bonchev–Trinajstić information content (AvgIpc) is 2.68. The van der Waals surface area contributed by atoms with Crippen LogP contribution in [0.25, 0.3) is 10.1 Å². The number of halogens is 1. The number of primary amides is 1. The molecule has 0 saturated carbocycles. The number of hydrogen-bond acceptors (Lipinski definition) is 4. The second-order valence-corrected chi connectivity index (χ2v) is 5.52. The second kappa shape index (κ2) is 5.56. The maximum atomic E-state index is 13.9. The van der Waals surface area contributed by atoms with Crippen molar-refractivity contribution in [3.63, 3.8) is 0 Å². The molecule has 0 saturated heterocycles. The normalized spacial score (nSPS) is 11.2. The van der Waals surface area contributed by atoms with E-state index in [-0.39, 0.29) is 18.0 Å². The van der Waals surface area contributed by atoms with Gasteiger partial charge in [-0.1, -0.05) is 6.07 Å². The van der Waals surface area contributed by atoms with Crippen molar-refractivity contribution in [1.29, 1.82) is 0 Å². The van der Waals surface area contributed by atoms with Crippen molar-refractivity contribution in [2.75, 3.05) is 13.6 Å². The van der Waals surface area contributed by atoms with Crippen LogP contribution in [-0.2, 0) is 11.3 Å². The molecule has 1 aromatic heterocycles. The molecule has 0 radical (unpaired) electrons. The number of nitrogens with two attached hydrogens (primary N) is 1. The standard InChI is InChI=1S/C13H13FN2O3S/c1-16(6-10(15)17)5-7-11-8(14)3-2-4-9(11)20-12(7)13(18)19/h2-4H,5-6H2,1H3,(H2,15,17)(H,18,19).